The summed E-state index contributed by atoms with van der Waals surface area (Å²) in [5, 5.41) is 7.33. The number of nitrogens with one attached hydrogen (secondary N) is 1. The average molecular weight is 298 g/mol. The maximum Gasteiger partial charge on any atom is 0.229 e. The van der Waals surface area contributed by atoms with Gasteiger partial charge in [0.2, 0.25) is 11.8 Å². The minimum Gasteiger partial charge on any atom is -0.345 e. The van der Waals surface area contributed by atoms with Crippen molar-refractivity contribution < 1.29 is 9.59 Å². The van der Waals surface area contributed by atoms with Crippen LogP contribution in [0.1, 0.15) is 6.42 Å². The van der Waals surface area contributed by atoms with Crippen LogP contribution < -0.4 is 5.32 Å². The van der Waals surface area contributed by atoms with E-state index in [9.17, 15) is 9.59 Å². The van der Waals surface area contributed by atoms with E-state index in [1.807, 2.05) is 37.4 Å². The second kappa shape index (κ2) is 5.63. The lowest BCUT2D eigenvalue weighted by Crippen LogP contribution is -2.25. The highest BCUT2D eigenvalue weighted by Crippen LogP contribution is 2.27. The Hall–Kier alpha value is -2.63. The van der Waals surface area contributed by atoms with Crippen molar-refractivity contribution in [1.82, 2.24) is 14.7 Å². The minimum absolute atomic E-state index is 0.00891. The number of amides is 2. The second-order valence-corrected chi connectivity index (χ2v) is 5.60. The van der Waals surface area contributed by atoms with Crippen molar-refractivity contribution in [3.63, 3.8) is 0 Å². The Morgan fingerprint density at radius 3 is 2.64 bits per heavy atom. The summed E-state index contributed by atoms with van der Waals surface area (Å²) in [7, 11) is 3.53. The Morgan fingerprint density at radius 1 is 1.27 bits per heavy atom. The number of aryl methyl sites for hydroxylation is 1. The summed E-state index contributed by atoms with van der Waals surface area (Å²) in [5.41, 5.74) is 2.34. The Kier molecular flexibility index (Phi) is 3.66. The third-order valence-electron chi connectivity index (χ3n) is 3.85. The summed E-state index contributed by atoms with van der Waals surface area (Å²) in [4.78, 5) is 25.5. The molecule has 2 heterocycles. The molecule has 2 amide bonds. The number of benzene rings is 1. The van der Waals surface area contributed by atoms with Crippen LogP contribution in [0.5, 0.6) is 0 Å². The third-order valence-corrected chi connectivity index (χ3v) is 3.85. The molecule has 0 saturated carbocycles. The van der Waals surface area contributed by atoms with Gasteiger partial charge in [0.1, 0.15) is 5.69 Å². The van der Waals surface area contributed by atoms with Crippen LogP contribution in [-0.2, 0) is 16.6 Å². The minimum atomic E-state index is -0.304. The van der Waals surface area contributed by atoms with E-state index in [0.29, 0.717) is 12.2 Å². The fourth-order valence-corrected chi connectivity index (χ4v) is 2.66. The van der Waals surface area contributed by atoms with Crippen molar-refractivity contribution in [1.29, 1.82) is 0 Å². The molecule has 0 bridgehead atoms. The van der Waals surface area contributed by atoms with Gasteiger partial charge in [-0.25, -0.2) is 0 Å². The lowest BCUT2D eigenvalue weighted by Gasteiger charge is -2.11. The van der Waals surface area contributed by atoms with Crippen molar-refractivity contribution >= 4 is 17.5 Å². The van der Waals surface area contributed by atoms with Crippen LogP contribution in [0.25, 0.3) is 11.3 Å². The SMILES string of the molecule is CN1CC(C(=O)Nc2cn(C)nc2-c2ccccc2)CC1=O. The second-order valence-electron chi connectivity index (χ2n) is 5.60. The molecule has 114 valence electrons. The fourth-order valence-electron chi connectivity index (χ4n) is 2.66. The first-order valence-electron chi connectivity index (χ1n) is 7.18. The number of carbonyl (C=O) groups is 2. The van der Waals surface area contributed by atoms with Gasteiger partial charge >= 0.3 is 0 Å². The molecule has 1 unspecified atom stereocenters. The molecular formula is C16H18N4O2. The first kappa shape index (κ1) is 14.3. The number of carbonyl (C=O) groups excluding carboxylic acids is 2. The lowest BCUT2D eigenvalue weighted by atomic mass is 10.1. The monoisotopic (exact) mass is 298 g/mol. The number of rotatable bonds is 3. The largest absolute Gasteiger partial charge is 0.345 e. The van der Waals surface area contributed by atoms with Gasteiger partial charge in [0, 0.05) is 38.8 Å². The molecule has 0 radical (unpaired) electrons. The van der Waals surface area contributed by atoms with E-state index < -0.39 is 0 Å². The van der Waals surface area contributed by atoms with Crippen LogP contribution >= 0.6 is 0 Å². The van der Waals surface area contributed by atoms with Crippen LogP contribution in [0.2, 0.25) is 0 Å². The van der Waals surface area contributed by atoms with Crippen molar-refractivity contribution in [3.05, 3.63) is 36.5 Å². The van der Waals surface area contributed by atoms with Gasteiger partial charge in [-0.1, -0.05) is 30.3 Å². The average Bonchev–Trinajstić information content (AvgIpc) is 3.03. The molecular weight excluding hydrogens is 280 g/mol. The molecule has 2 aromatic rings. The predicted octanol–water partition coefficient (Wildman–Crippen LogP) is 1.50. The molecule has 1 N–H and O–H groups in total. The zero-order chi connectivity index (χ0) is 15.7. The highest BCUT2D eigenvalue weighted by Gasteiger charge is 2.32. The summed E-state index contributed by atoms with van der Waals surface area (Å²) >= 11 is 0. The third kappa shape index (κ3) is 2.72. The van der Waals surface area contributed by atoms with Crippen LogP contribution in [0, 0.1) is 5.92 Å². The van der Waals surface area contributed by atoms with E-state index in [4.69, 9.17) is 0 Å². The van der Waals surface area contributed by atoms with Crippen molar-refractivity contribution in [3.8, 4) is 11.3 Å². The first-order chi connectivity index (χ1) is 10.5. The summed E-state index contributed by atoms with van der Waals surface area (Å²) < 4.78 is 1.67. The normalized spacial score (nSPS) is 17.8. The van der Waals surface area contributed by atoms with Gasteiger partial charge in [-0.2, -0.15) is 5.10 Å². The summed E-state index contributed by atoms with van der Waals surface area (Å²) in [6, 6.07) is 9.70. The van der Waals surface area contributed by atoms with E-state index in [1.165, 1.54) is 0 Å². The molecule has 1 aromatic heterocycles. The Bertz CT molecular complexity index is 708. The number of anilines is 1. The standard InChI is InChI=1S/C16H18N4O2/c1-19-9-12(8-14(19)21)16(22)17-13-10-20(2)18-15(13)11-6-4-3-5-7-11/h3-7,10,12H,8-9H2,1-2H3,(H,17,22). The smallest absolute Gasteiger partial charge is 0.229 e. The summed E-state index contributed by atoms with van der Waals surface area (Å²) in [6.45, 7) is 0.464. The predicted molar refractivity (Wildman–Crippen MR) is 83.0 cm³/mol. The van der Waals surface area contributed by atoms with Crippen LogP contribution in [0.15, 0.2) is 36.5 Å². The lowest BCUT2D eigenvalue weighted by molar-refractivity contribution is -0.127. The van der Waals surface area contributed by atoms with Crippen molar-refractivity contribution in [2.24, 2.45) is 13.0 Å². The molecule has 1 aliphatic rings. The van der Waals surface area contributed by atoms with Gasteiger partial charge in [-0.15, -0.1) is 0 Å². The zero-order valence-electron chi connectivity index (χ0n) is 12.6. The first-order valence-corrected chi connectivity index (χ1v) is 7.18. The van der Waals surface area contributed by atoms with Crippen LogP contribution in [-0.4, -0.2) is 40.1 Å². The number of aromatic nitrogens is 2. The molecule has 3 rings (SSSR count). The maximum atomic E-state index is 12.4. The molecule has 22 heavy (non-hydrogen) atoms. The Morgan fingerprint density at radius 2 is 2.00 bits per heavy atom. The van der Waals surface area contributed by atoms with Crippen LogP contribution in [0.4, 0.5) is 5.69 Å². The molecule has 6 heteroatoms. The molecule has 1 aromatic carbocycles. The molecule has 0 aliphatic carbocycles. The van der Waals surface area contributed by atoms with E-state index in [-0.39, 0.29) is 24.2 Å². The van der Waals surface area contributed by atoms with E-state index in [2.05, 4.69) is 10.4 Å². The molecule has 0 spiro atoms. The quantitative estimate of drug-likeness (QED) is 0.934. The molecule has 1 aliphatic heterocycles. The Balaban J connectivity index is 1.81. The van der Waals surface area contributed by atoms with Crippen molar-refractivity contribution in [2.75, 3.05) is 18.9 Å². The van der Waals surface area contributed by atoms with Gasteiger partial charge in [0.15, 0.2) is 0 Å². The topological polar surface area (TPSA) is 67.2 Å². The van der Waals surface area contributed by atoms with E-state index in [0.717, 1.165) is 11.3 Å². The number of hydrogen-bond acceptors (Lipinski definition) is 3. The highest BCUT2D eigenvalue weighted by atomic mass is 16.2. The number of nitrogens with zero attached hydrogens (tertiary/aromatic N) is 3. The number of hydrogen-bond donors (Lipinski definition) is 1. The van der Waals surface area contributed by atoms with Crippen LogP contribution in [0.3, 0.4) is 0 Å². The molecule has 1 atom stereocenters. The van der Waals surface area contributed by atoms with Gasteiger partial charge in [0.25, 0.3) is 0 Å². The molecule has 6 nitrogen and oxygen atoms in total. The maximum absolute atomic E-state index is 12.4. The molecule has 1 saturated heterocycles. The van der Waals surface area contributed by atoms with Gasteiger partial charge in [-0.05, 0) is 0 Å². The van der Waals surface area contributed by atoms with E-state index in [1.54, 1.807) is 22.8 Å². The van der Waals surface area contributed by atoms with Crippen molar-refractivity contribution in [2.45, 2.75) is 6.42 Å². The highest BCUT2D eigenvalue weighted by molar-refractivity contribution is 5.99. The number of likely N-dealkylation sites (tertiary alicyclic amines) is 1. The fraction of sp³-hybridized carbons (Fsp3) is 0.312. The summed E-state index contributed by atoms with van der Waals surface area (Å²) in [5.74, 6) is -0.432. The van der Waals surface area contributed by atoms with Gasteiger partial charge < -0.3 is 10.2 Å². The summed E-state index contributed by atoms with van der Waals surface area (Å²) in [6.07, 6.45) is 2.05. The van der Waals surface area contributed by atoms with E-state index >= 15 is 0 Å². The molecule has 1 fully saturated rings. The Labute approximate surface area is 128 Å². The van der Waals surface area contributed by atoms with Gasteiger partial charge in [-0.3, -0.25) is 14.3 Å². The zero-order valence-corrected chi connectivity index (χ0v) is 12.6. The van der Waals surface area contributed by atoms with Gasteiger partial charge in [0.05, 0.1) is 11.6 Å².